The number of rotatable bonds is 3. The van der Waals surface area contributed by atoms with Gasteiger partial charge in [0.1, 0.15) is 5.02 Å². The molecule has 8 heteroatoms. The second-order valence-electron chi connectivity index (χ2n) is 4.35. The minimum Gasteiger partial charge on any atom is -0.378 e. The molecule has 0 amide bonds. The summed E-state index contributed by atoms with van der Waals surface area (Å²) in [5.41, 5.74) is -0.514. The fourth-order valence-corrected chi connectivity index (χ4v) is 1.93. The highest BCUT2D eigenvalue weighted by Crippen LogP contribution is 2.29. The number of hydrogen-bond donors (Lipinski definition) is 1. The summed E-state index contributed by atoms with van der Waals surface area (Å²) >= 11 is 5.85. The fraction of sp³-hybridized carbons (Fsp3) is 0.231. The van der Waals surface area contributed by atoms with Crippen LogP contribution in [0.15, 0.2) is 35.3 Å². The zero-order chi connectivity index (χ0) is 15.6. The number of anilines is 1. The first kappa shape index (κ1) is 15.4. The molecule has 0 atom stereocenters. The molecular weight excluding hydrogens is 307 g/mol. The van der Waals surface area contributed by atoms with Gasteiger partial charge in [0.05, 0.1) is 17.4 Å². The molecule has 0 saturated heterocycles. The quantitative estimate of drug-likeness (QED) is 0.946. The summed E-state index contributed by atoms with van der Waals surface area (Å²) in [6.45, 7) is 0.0957. The molecule has 0 unspecified atom stereocenters. The summed E-state index contributed by atoms with van der Waals surface area (Å²) < 4.78 is 38.9. The Balaban J connectivity index is 2.18. The molecule has 1 aromatic carbocycles. The number of aryl methyl sites for hydroxylation is 1. The van der Waals surface area contributed by atoms with Crippen molar-refractivity contribution in [3.63, 3.8) is 0 Å². The largest absolute Gasteiger partial charge is 0.416 e. The van der Waals surface area contributed by atoms with Crippen LogP contribution in [-0.4, -0.2) is 9.78 Å². The van der Waals surface area contributed by atoms with Gasteiger partial charge in [0.2, 0.25) is 0 Å². The van der Waals surface area contributed by atoms with E-state index in [1.54, 1.807) is 6.07 Å². The van der Waals surface area contributed by atoms with Crippen molar-refractivity contribution in [2.75, 3.05) is 5.32 Å². The molecule has 0 radical (unpaired) electrons. The maximum atomic E-state index is 12.6. The van der Waals surface area contributed by atoms with E-state index in [-0.39, 0.29) is 17.3 Å². The van der Waals surface area contributed by atoms with Gasteiger partial charge in [-0.05, 0) is 17.7 Å². The minimum absolute atomic E-state index is 0.0560. The number of aromatic nitrogens is 2. The van der Waals surface area contributed by atoms with Crippen LogP contribution in [-0.2, 0) is 19.8 Å². The standard InChI is InChI=1S/C13H11ClF3N3O/c1-20-12(21)11(14)10(7-19-20)18-6-8-3-2-4-9(5-8)13(15,16)17/h2-5,7,18H,6H2,1H3. The van der Waals surface area contributed by atoms with Crippen molar-refractivity contribution < 1.29 is 13.2 Å². The number of alkyl halides is 3. The summed E-state index contributed by atoms with van der Waals surface area (Å²) in [5.74, 6) is 0. The lowest BCUT2D eigenvalue weighted by Crippen LogP contribution is -2.21. The number of hydrogen-bond acceptors (Lipinski definition) is 3. The smallest absolute Gasteiger partial charge is 0.378 e. The Morgan fingerprint density at radius 1 is 1.38 bits per heavy atom. The average Bonchev–Trinajstić information content (AvgIpc) is 2.43. The van der Waals surface area contributed by atoms with Gasteiger partial charge in [-0.2, -0.15) is 18.3 Å². The fourth-order valence-electron chi connectivity index (χ4n) is 1.69. The zero-order valence-electron chi connectivity index (χ0n) is 10.9. The molecule has 1 aromatic heterocycles. The number of nitrogens with one attached hydrogen (secondary N) is 1. The first-order valence-corrected chi connectivity index (χ1v) is 6.28. The lowest BCUT2D eigenvalue weighted by molar-refractivity contribution is -0.137. The van der Waals surface area contributed by atoms with Crippen LogP contribution in [0.3, 0.4) is 0 Å². The molecule has 0 aliphatic rings. The van der Waals surface area contributed by atoms with E-state index >= 15 is 0 Å². The Hall–Kier alpha value is -2.02. The molecule has 0 aliphatic carbocycles. The Kier molecular flexibility index (Phi) is 4.22. The number of halogens is 4. The van der Waals surface area contributed by atoms with Gasteiger partial charge in [-0.15, -0.1) is 0 Å². The van der Waals surface area contributed by atoms with Crippen molar-refractivity contribution in [2.45, 2.75) is 12.7 Å². The van der Waals surface area contributed by atoms with Crippen LogP contribution >= 0.6 is 11.6 Å². The van der Waals surface area contributed by atoms with Crippen molar-refractivity contribution >= 4 is 17.3 Å². The normalized spacial score (nSPS) is 11.5. The predicted molar refractivity (Wildman–Crippen MR) is 73.3 cm³/mol. The average molecular weight is 318 g/mol. The molecule has 112 valence electrons. The summed E-state index contributed by atoms with van der Waals surface area (Å²) in [4.78, 5) is 11.6. The molecular formula is C13H11ClF3N3O. The maximum Gasteiger partial charge on any atom is 0.416 e. The van der Waals surface area contributed by atoms with E-state index in [1.807, 2.05) is 0 Å². The molecule has 0 saturated carbocycles. The van der Waals surface area contributed by atoms with Crippen LogP contribution in [0.1, 0.15) is 11.1 Å². The van der Waals surface area contributed by atoms with Gasteiger partial charge in [0, 0.05) is 13.6 Å². The van der Waals surface area contributed by atoms with Gasteiger partial charge in [-0.1, -0.05) is 23.7 Å². The van der Waals surface area contributed by atoms with Gasteiger partial charge < -0.3 is 5.32 Å². The molecule has 0 bridgehead atoms. The molecule has 1 N–H and O–H groups in total. The molecule has 2 aromatic rings. The lowest BCUT2D eigenvalue weighted by atomic mass is 10.1. The molecule has 0 fully saturated rings. The predicted octanol–water partition coefficient (Wildman–Crippen LogP) is 3.06. The van der Waals surface area contributed by atoms with Gasteiger partial charge in [0.15, 0.2) is 0 Å². The molecule has 2 rings (SSSR count). The molecule has 0 spiro atoms. The van der Waals surface area contributed by atoms with Crippen LogP contribution in [0.4, 0.5) is 18.9 Å². The summed E-state index contributed by atoms with van der Waals surface area (Å²) in [6, 6.07) is 4.90. The van der Waals surface area contributed by atoms with Crippen LogP contribution in [0, 0.1) is 0 Å². The topological polar surface area (TPSA) is 46.9 Å². The van der Waals surface area contributed by atoms with E-state index < -0.39 is 17.3 Å². The second-order valence-corrected chi connectivity index (χ2v) is 4.73. The van der Waals surface area contributed by atoms with Crippen LogP contribution in [0.25, 0.3) is 0 Å². The van der Waals surface area contributed by atoms with E-state index in [9.17, 15) is 18.0 Å². The van der Waals surface area contributed by atoms with E-state index in [4.69, 9.17) is 11.6 Å². The van der Waals surface area contributed by atoms with Crippen LogP contribution in [0.5, 0.6) is 0 Å². The monoisotopic (exact) mass is 317 g/mol. The van der Waals surface area contributed by atoms with Crippen molar-refractivity contribution in [1.82, 2.24) is 9.78 Å². The van der Waals surface area contributed by atoms with E-state index in [1.165, 1.54) is 19.3 Å². The van der Waals surface area contributed by atoms with Gasteiger partial charge in [-0.25, -0.2) is 4.68 Å². The molecule has 21 heavy (non-hydrogen) atoms. The zero-order valence-corrected chi connectivity index (χ0v) is 11.7. The third-order valence-electron chi connectivity index (χ3n) is 2.82. The van der Waals surface area contributed by atoms with Gasteiger partial charge >= 0.3 is 6.18 Å². The van der Waals surface area contributed by atoms with Crippen molar-refractivity contribution in [3.8, 4) is 0 Å². The molecule has 4 nitrogen and oxygen atoms in total. The summed E-state index contributed by atoms with van der Waals surface area (Å²) in [5, 5.41) is 6.53. The van der Waals surface area contributed by atoms with E-state index in [2.05, 4.69) is 10.4 Å². The third kappa shape index (κ3) is 3.55. The highest BCUT2D eigenvalue weighted by molar-refractivity contribution is 6.32. The summed E-state index contributed by atoms with van der Waals surface area (Å²) in [7, 11) is 1.45. The Labute approximate surface area is 123 Å². The highest BCUT2D eigenvalue weighted by Gasteiger charge is 2.30. The lowest BCUT2D eigenvalue weighted by Gasteiger charge is -2.11. The first-order valence-electron chi connectivity index (χ1n) is 5.91. The maximum absolute atomic E-state index is 12.6. The molecule has 0 aliphatic heterocycles. The van der Waals surface area contributed by atoms with E-state index in [0.717, 1.165) is 16.8 Å². The van der Waals surface area contributed by atoms with Crippen molar-refractivity contribution in [3.05, 3.63) is 57.0 Å². The Morgan fingerprint density at radius 3 is 2.76 bits per heavy atom. The Bertz CT molecular complexity index is 713. The number of nitrogens with zero attached hydrogens (tertiary/aromatic N) is 2. The van der Waals surface area contributed by atoms with Crippen LogP contribution in [0.2, 0.25) is 5.02 Å². The molecule has 1 heterocycles. The number of benzene rings is 1. The van der Waals surface area contributed by atoms with Crippen molar-refractivity contribution in [2.24, 2.45) is 7.05 Å². The van der Waals surface area contributed by atoms with E-state index in [0.29, 0.717) is 5.56 Å². The van der Waals surface area contributed by atoms with Crippen molar-refractivity contribution in [1.29, 1.82) is 0 Å². The van der Waals surface area contributed by atoms with Crippen LogP contribution < -0.4 is 10.9 Å². The third-order valence-corrected chi connectivity index (χ3v) is 3.18. The van der Waals surface area contributed by atoms with Gasteiger partial charge in [-0.3, -0.25) is 4.79 Å². The first-order chi connectivity index (χ1) is 9.79. The highest BCUT2D eigenvalue weighted by atomic mass is 35.5. The SMILES string of the molecule is Cn1ncc(NCc2cccc(C(F)(F)F)c2)c(Cl)c1=O. The summed E-state index contributed by atoms with van der Waals surface area (Å²) in [6.07, 6.45) is -3.05. The van der Waals surface area contributed by atoms with Gasteiger partial charge in [0.25, 0.3) is 5.56 Å². The second kappa shape index (κ2) is 5.77. The minimum atomic E-state index is -4.39. The Morgan fingerprint density at radius 2 is 2.10 bits per heavy atom.